The summed E-state index contributed by atoms with van der Waals surface area (Å²) in [6.45, 7) is 6.15. The quantitative estimate of drug-likeness (QED) is 0.428. The van der Waals surface area contributed by atoms with E-state index in [1.807, 2.05) is 12.1 Å². The molecule has 0 bridgehead atoms. The summed E-state index contributed by atoms with van der Waals surface area (Å²) >= 11 is 0. The van der Waals surface area contributed by atoms with Crippen molar-refractivity contribution in [3.8, 4) is 5.75 Å². The molecule has 0 radical (unpaired) electrons. The SMILES string of the molecule is COc1ccc(C(CCN2CCCN(Cc3ccc(S(C)(=O)=O)cc3)CC2)c2ccccc2)cc1. The number of hydrogen-bond acceptors (Lipinski definition) is 5. The summed E-state index contributed by atoms with van der Waals surface area (Å²) < 4.78 is 28.8. The van der Waals surface area contributed by atoms with E-state index in [0.29, 0.717) is 10.8 Å². The molecule has 5 nitrogen and oxygen atoms in total. The first-order valence-electron chi connectivity index (χ1n) is 12.3. The fourth-order valence-electron chi connectivity index (χ4n) is 4.87. The molecule has 1 aliphatic heterocycles. The normalized spacial score (nSPS) is 16.5. The fraction of sp³-hybridized carbons (Fsp3) is 0.379. The molecule has 1 heterocycles. The van der Waals surface area contributed by atoms with Crippen molar-refractivity contribution in [1.29, 1.82) is 0 Å². The van der Waals surface area contributed by atoms with E-state index in [0.717, 1.165) is 63.4 Å². The molecular weight excluding hydrogens is 456 g/mol. The van der Waals surface area contributed by atoms with E-state index in [4.69, 9.17) is 4.74 Å². The summed E-state index contributed by atoms with van der Waals surface area (Å²) in [5, 5.41) is 0. The Labute approximate surface area is 210 Å². The highest BCUT2D eigenvalue weighted by Crippen LogP contribution is 2.29. The van der Waals surface area contributed by atoms with E-state index < -0.39 is 9.84 Å². The Balaban J connectivity index is 1.35. The lowest BCUT2D eigenvalue weighted by molar-refractivity contribution is 0.248. The van der Waals surface area contributed by atoms with Gasteiger partial charge < -0.3 is 9.64 Å². The highest BCUT2D eigenvalue weighted by molar-refractivity contribution is 7.90. The molecule has 0 saturated carbocycles. The average Bonchev–Trinajstić information content (AvgIpc) is 3.10. The third kappa shape index (κ3) is 7.17. The molecule has 0 N–H and O–H groups in total. The van der Waals surface area contributed by atoms with Crippen LogP contribution in [0, 0.1) is 0 Å². The average molecular weight is 493 g/mol. The van der Waals surface area contributed by atoms with Crippen molar-refractivity contribution in [3.05, 3.63) is 95.6 Å². The summed E-state index contributed by atoms with van der Waals surface area (Å²) in [6, 6.07) is 26.6. The summed E-state index contributed by atoms with van der Waals surface area (Å²) in [7, 11) is -1.44. The Morgan fingerprint density at radius 3 is 2.09 bits per heavy atom. The molecule has 0 spiro atoms. The van der Waals surface area contributed by atoms with Crippen molar-refractivity contribution in [2.24, 2.45) is 0 Å². The lowest BCUT2D eigenvalue weighted by Gasteiger charge is -2.25. The van der Waals surface area contributed by atoms with Crippen LogP contribution in [0.1, 0.15) is 35.4 Å². The van der Waals surface area contributed by atoms with Crippen LogP contribution in [-0.4, -0.2) is 64.3 Å². The maximum atomic E-state index is 11.7. The molecular formula is C29H36N2O3S. The first-order valence-corrected chi connectivity index (χ1v) is 14.2. The van der Waals surface area contributed by atoms with Crippen LogP contribution in [-0.2, 0) is 16.4 Å². The van der Waals surface area contributed by atoms with Crippen molar-refractivity contribution in [1.82, 2.24) is 9.80 Å². The Morgan fingerprint density at radius 2 is 1.43 bits per heavy atom. The Bertz CT molecular complexity index is 1160. The van der Waals surface area contributed by atoms with Crippen molar-refractivity contribution in [3.63, 3.8) is 0 Å². The van der Waals surface area contributed by atoms with Crippen molar-refractivity contribution in [2.45, 2.75) is 30.2 Å². The Kier molecular flexibility index (Phi) is 8.60. The second-order valence-electron chi connectivity index (χ2n) is 9.41. The molecule has 1 atom stereocenters. The molecule has 1 saturated heterocycles. The lowest BCUT2D eigenvalue weighted by atomic mass is 9.88. The van der Waals surface area contributed by atoms with Gasteiger partial charge in [-0.05, 0) is 73.4 Å². The van der Waals surface area contributed by atoms with E-state index in [1.165, 1.54) is 17.4 Å². The second kappa shape index (κ2) is 11.8. The van der Waals surface area contributed by atoms with Gasteiger partial charge in [-0.3, -0.25) is 4.90 Å². The number of methoxy groups -OCH3 is 1. The van der Waals surface area contributed by atoms with Gasteiger partial charge in [0, 0.05) is 31.8 Å². The van der Waals surface area contributed by atoms with Crippen LogP contribution in [0.15, 0.2) is 83.8 Å². The molecule has 0 aliphatic carbocycles. The van der Waals surface area contributed by atoms with Gasteiger partial charge in [0.1, 0.15) is 5.75 Å². The van der Waals surface area contributed by atoms with Crippen molar-refractivity contribution in [2.75, 3.05) is 46.1 Å². The number of sulfone groups is 1. The van der Waals surface area contributed by atoms with Crippen LogP contribution in [0.4, 0.5) is 0 Å². The van der Waals surface area contributed by atoms with E-state index in [2.05, 4.69) is 64.4 Å². The van der Waals surface area contributed by atoms with Gasteiger partial charge in [-0.25, -0.2) is 8.42 Å². The monoisotopic (exact) mass is 492 g/mol. The summed E-state index contributed by atoms with van der Waals surface area (Å²) in [5.74, 6) is 1.24. The van der Waals surface area contributed by atoms with E-state index in [9.17, 15) is 8.42 Å². The minimum atomic E-state index is -3.15. The molecule has 35 heavy (non-hydrogen) atoms. The van der Waals surface area contributed by atoms with Crippen molar-refractivity contribution >= 4 is 9.84 Å². The Morgan fingerprint density at radius 1 is 0.800 bits per heavy atom. The highest BCUT2D eigenvalue weighted by atomic mass is 32.2. The largest absolute Gasteiger partial charge is 0.497 e. The van der Waals surface area contributed by atoms with E-state index in [1.54, 1.807) is 19.2 Å². The maximum absolute atomic E-state index is 11.7. The molecule has 1 fully saturated rings. The van der Waals surface area contributed by atoms with Gasteiger partial charge >= 0.3 is 0 Å². The predicted octanol–water partition coefficient (Wildman–Crippen LogP) is 4.83. The van der Waals surface area contributed by atoms with Gasteiger partial charge in [-0.2, -0.15) is 0 Å². The molecule has 3 aromatic rings. The zero-order chi connectivity index (χ0) is 24.7. The van der Waals surface area contributed by atoms with E-state index in [-0.39, 0.29) is 0 Å². The fourth-order valence-corrected chi connectivity index (χ4v) is 5.50. The number of hydrogen-bond donors (Lipinski definition) is 0. The van der Waals surface area contributed by atoms with Crippen LogP contribution < -0.4 is 4.74 Å². The molecule has 0 amide bonds. The third-order valence-corrected chi connectivity index (χ3v) is 8.02. The molecule has 186 valence electrons. The number of rotatable bonds is 9. The van der Waals surface area contributed by atoms with Gasteiger partial charge in [0.05, 0.1) is 12.0 Å². The number of ether oxygens (including phenoxy) is 1. The van der Waals surface area contributed by atoms with E-state index >= 15 is 0 Å². The zero-order valence-corrected chi connectivity index (χ0v) is 21.6. The number of nitrogens with zero attached hydrogens (tertiary/aromatic N) is 2. The summed E-state index contributed by atoms with van der Waals surface area (Å²) in [4.78, 5) is 5.45. The highest BCUT2D eigenvalue weighted by Gasteiger charge is 2.19. The lowest BCUT2D eigenvalue weighted by Crippen LogP contribution is -2.31. The summed E-state index contributed by atoms with van der Waals surface area (Å²) in [6.07, 6.45) is 3.46. The van der Waals surface area contributed by atoms with Crippen LogP contribution in [0.25, 0.3) is 0 Å². The Hall–Kier alpha value is -2.67. The molecule has 6 heteroatoms. The standard InChI is InChI=1S/C29H36N2O3S/c1-34-27-13-11-26(12-14-27)29(25-7-4-3-5-8-25)17-20-30-18-6-19-31(22-21-30)23-24-9-15-28(16-10-24)35(2,32)33/h3-5,7-16,29H,6,17-23H2,1-2H3. The molecule has 1 unspecified atom stereocenters. The van der Waals surface area contributed by atoms with Crippen LogP contribution >= 0.6 is 0 Å². The first-order chi connectivity index (χ1) is 16.9. The maximum Gasteiger partial charge on any atom is 0.175 e. The van der Waals surface area contributed by atoms with Gasteiger partial charge in [-0.1, -0.05) is 54.6 Å². The number of benzene rings is 3. The smallest absolute Gasteiger partial charge is 0.175 e. The first kappa shape index (κ1) is 25.4. The molecule has 4 rings (SSSR count). The molecule has 1 aliphatic rings. The van der Waals surface area contributed by atoms with Crippen molar-refractivity contribution < 1.29 is 13.2 Å². The van der Waals surface area contributed by atoms with Gasteiger partial charge in [0.25, 0.3) is 0 Å². The third-order valence-electron chi connectivity index (χ3n) is 6.89. The van der Waals surface area contributed by atoms with Crippen LogP contribution in [0.3, 0.4) is 0 Å². The van der Waals surface area contributed by atoms with Crippen LogP contribution in [0.5, 0.6) is 5.75 Å². The van der Waals surface area contributed by atoms with Gasteiger partial charge in [0.15, 0.2) is 9.84 Å². The molecule has 0 aromatic heterocycles. The molecule has 3 aromatic carbocycles. The van der Waals surface area contributed by atoms with Crippen LogP contribution in [0.2, 0.25) is 0 Å². The minimum Gasteiger partial charge on any atom is -0.497 e. The summed E-state index contributed by atoms with van der Waals surface area (Å²) in [5.41, 5.74) is 3.84. The van der Waals surface area contributed by atoms with Gasteiger partial charge in [-0.15, -0.1) is 0 Å². The minimum absolute atomic E-state index is 0.356. The second-order valence-corrected chi connectivity index (χ2v) is 11.4. The topological polar surface area (TPSA) is 49.9 Å². The van der Waals surface area contributed by atoms with Gasteiger partial charge in [0.2, 0.25) is 0 Å². The zero-order valence-electron chi connectivity index (χ0n) is 20.8. The predicted molar refractivity (Wildman–Crippen MR) is 142 cm³/mol.